The van der Waals surface area contributed by atoms with E-state index >= 15 is 0 Å². The van der Waals surface area contributed by atoms with E-state index in [1.165, 1.54) is 0 Å². The lowest BCUT2D eigenvalue weighted by Gasteiger charge is -2.20. The normalized spacial score (nSPS) is 21.4. The summed E-state index contributed by atoms with van der Waals surface area (Å²) in [7, 11) is 0. The van der Waals surface area contributed by atoms with Crippen LogP contribution < -0.4 is 5.32 Å². The molecule has 1 heterocycles. The van der Waals surface area contributed by atoms with E-state index in [1.807, 2.05) is 20.8 Å². The van der Waals surface area contributed by atoms with Crippen LogP contribution in [0.4, 0.5) is 4.79 Å². The fourth-order valence-electron chi connectivity index (χ4n) is 1.33. The predicted molar refractivity (Wildman–Crippen MR) is 48.7 cm³/mol. The van der Waals surface area contributed by atoms with E-state index in [1.54, 1.807) is 4.90 Å². The summed E-state index contributed by atoms with van der Waals surface area (Å²) < 4.78 is 0. The van der Waals surface area contributed by atoms with Gasteiger partial charge in [-0.15, -0.1) is 0 Å². The lowest BCUT2D eigenvalue weighted by Crippen LogP contribution is -2.35. The van der Waals surface area contributed by atoms with Crippen LogP contribution in [0, 0.1) is 0 Å². The Hall–Kier alpha value is -0.990. The third-order valence-electron chi connectivity index (χ3n) is 2.16. The molecular formula is C9H16N2O. The van der Waals surface area contributed by atoms with Gasteiger partial charge in [-0.25, -0.2) is 4.79 Å². The molecule has 1 saturated heterocycles. The van der Waals surface area contributed by atoms with Crippen molar-refractivity contribution in [2.24, 2.45) is 0 Å². The van der Waals surface area contributed by atoms with Crippen LogP contribution in [0.1, 0.15) is 27.2 Å². The Balaban J connectivity index is 2.78. The van der Waals surface area contributed by atoms with Gasteiger partial charge in [-0.05, 0) is 20.3 Å². The molecule has 1 N–H and O–H groups in total. The number of urea groups is 1. The van der Waals surface area contributed by atoms with E-state index in [2.05, 4.69) is 11.9 Å². The molecule has 1 fully saturated rings. The first kappa shape index (κ1) is 9.10. The molecule has 3 heteroatoms. The smallest absolute Gasteiger partial charge is 0.322 e. The molecule has 0 saturated carbocycles. The van der Waals surface area contributed by atoms with Crippen molar-refractivity contribution in [3.05, 3.63) is 12.3 Å². The first-order valence-electron chi connectivity index (χ1n) is 4.28. The summed E-state index contributed by atoms with van der Waals surface area (Å²) in [4.78, 5) is 13.1. The van der Waals surface area contributed by atoms with Gasteiger partial charge in [0.2, 0.25) is 0 Å². The Morgan fingerprint density at radius 1 is 1.58 bits per heavy atom. The van der Waals surface area contributed by atoms with E-state index in [-0.39, 0.29) is 11.6 Å². The summed E-state index contributed by atoms with van der Waals surface area (Å²) in [6.45, 7) is 10.6. The Labute approximate surface area is 73.4 Å². The van der Waals surface area contributed by atoms with Gasteiger partial charge in [0.15, 0.2) is 0 Å². The molecule has 1 rings (SSSR count). The fourth-order valence-corrected chi connectivity index (χ4v) is 1.33. The molecule has 0 unspecified atom stereocenters. The van der Waals surface area contributed by atoms with Crippen LogP contribution in [0.2, 0.25) is 0 Å². The van der Waals surface area contributed by atoms with Crippen LogP contribution in [-0.4, -0.2) is 23.0 Å². The van der Waals surface area contributed by atoms with E-state index in [0.717, 1.165) is 18.7 Å². The first-order chi connectivity index (χ1) is 5.49. The van der Waals surface area contributed by atoms with Crippen LogP contribution >= 0.6 is 0 Å². The van der Waals surface area contributed by atoms with Crippen LogP contribution in [0.25, 0.3) is 0 Å². The van der Waals surface area contributed by atoms with E-state index in [0.29, 0.717) is 0 Å². The Kier molecular flexibility index (Phi) is 2.13. The zero-order chi connectivity index (χ0) is 9.35. The van der Waals surface area contributed by atoms with Crippen molar-refractivity contribution in [1.82, 2.24) is 10.2 Å². The minimum absolute atomic E-state index is 0.0214. The summed E-state index contributed by atoms with van der Waals surface area (Å²) in [5, 5.41) is 2.87. The van der Waals surface area contributed by atoms with Crippen molar-refractivity contribution >= 4 is 6.03 Å². The summed E-state index contributed by atoms with van der Waals surface area (Å²) >= 11 is 0. The van der Waals surface area contributed by atoms with Crippen molar-refractivity contribution in [3.63, 3.8) is 0 Å². The van der Waals surface area contributed by atoms with Gasteiger partial charge in [0.1, 0.15) is 0 Å². The summed E-state index contributed by atoms with van der Waals surface area (Å²) in [6, 6.07) is -0.0214. The first-order valence-corrected chi connectivity index (χ1v) is 4.28. The monoisotopic (exact) mass is 168 g/mol. The number of hydrogen-bond acceptors (Lipinski definition) is 1. The van der Waals surface area contributed by atoms with Gasteiger partial charge in [-0.1, -0.05) is 13.5 Å². The Morgan fingerprint density at radius 3 is 2.50 bits per heavy atom. The predicted octanol–water partition coefficient (Wildman–Crippen LogP) is 1.71. The van der Waals surface area contributed by atoms with Gasteiger partial charge < -0.3 is 5.32 Å². The molecule has 0 aromatic heterocycles. The molecule has 0 atom stereocenters. The van der Waals surface area contributed by atoms with Crippen molar-refractivity contribution in [2.45, 2.75) is 32.7 Å². The second kappa shape index (κ2) is 2.81. The Bertz CT molecular complexity index is 221. The van der Waals surface area contributed by atoms with Crippen molar-refractivity contribution < 1.29 is 4.79 Å². The van der Waals surface area contributed by atoms with E-state index < -0.39 is 0 Å². The van der Waals surface area contributed by atoms with E-state index in [4.69, 9.17) is 0 Å². The zero-order valence-electron chi connectivity index (χ0n) is 7.98. The summed E-state index contributed by atoms with van der Waals surface area (Å²) in [5.41, 5.74) is 0.598. The van der Waals surface area contributed by atoms with Crippen molar-refractivity contribution in [1.29, 1.82) is 0 Å². The lowest BCUT2D eigenvalue weighted by molar-refractivity contribution is 0.223. The largest absolute Gasteiger partial charge is 0.327 e. The number of rotatable bonds is 2. The maximum Gasteiger partial charge on any atom is 0.322 e. The summed E-state index contributed by atoms with van der Waals surface area (Å²) in [5.74, 6) is 0. The van der Waals surface area contributed by atoms with Crippen LogP contribution in [0.3, 0.4) is 0 Å². The highest BCUT2D eigenvalue weighted by atomic mass is 16.2. The fraction of sp³-hybridized carbons (Fsp3) is 0.667. The van der Waals surface area contributed by atoms with E-state index in [9.17, 15) is 4.79 Å². The molecule has 0 aliphatic carbocycles. The molecular weight excluding hydrogens is 152 g/mol. The summed E-state index contributed by atoms with van der Waals surface area (Å²) in [6.07, 6.45) is 0.961. The molecule has 1 aliphatic rings. The maximum absolute atomic E-state index is 11.3. The van der Waals surface area contributed by atoms with Crippen molar-refractivity contribution in [3.8, 4) is 0 Å². The van der Waals surface area contributed by atoms with Crippen LogP contribution in [0.5, 0.6) is 0 Å². The van der Waals surface area contributed by atoms with Gasteiger partial charge >= 0.3 is 6.03 Å². The molecule has 0 bridgehead atoms. The molecule has 1 aliphatic heterocycles. The third-order valence-corrected chi connectivity index (χ3v) is 2.16. The second-order valence-corrected chi connectivity index (χ2v) is 3.65. The number of nitrogens with one attached hydrogen (secondary N) is 1. The van der Waals surface area contributed by atoms with Crippen molar-refractivity contribution in [2.75, 3.05) is 6.54 Å². The number of hydrogen-bond donors (Lipinski definition) is 1. The van der Waals surface area contributed by atoms with Gasteiger partial charge in [0.25, 0.3) is 0 Å². The van der Waals surface area contributed by atoms with Gasteiger partial charge in [0, 0.05) is 12.2 Å². The number of carbonyl (C=O) groups is 1. The minimum atomic E-state index is -0.272. The van der Waals surface area contributed by atoms with Gasteiger partial charge in [-0.2, -0.15) is 0 Å². The molecule has 68 valence electrons. The van der Waals surface area contributed by atoms with Crippen LogP contribution in [-0.2, 0) is 0 Å². The van der Waals surface area contributed by atoms with Gasteiger partial charge in [-0.3, -0.25) is 4.90 Å². The topological polar surface area (TPSA) is 32.3 Å². The number of carbonyl (C=O) groups excluding carboxylic acids is 1. The molecule has 0 spiro atoms. The highest BCUT2D eigenvalue weighted by Crippen LogP contribution is 2.25. The molecule has 2 amide bonds. The highest BCUT2D eigenvalue weighted by molar-refractivity contribution is 5.81. The van der Waals surface area contributed by atoms with Crippen LogP contribution in [0.15, 0.2) is 12.3 Å². The molecule has 0 aromatic rings. The average molecular weight is 168 g/mol. The Morgan fingerprint density at radius 2 is 2.17 bits per heavy atom. The third kappa shape index (κ3) is 1.31. The quantitative estimate of drug-likeness (QED) is 0.669. The molecule has 0 radical (unpaired) electrons. The highest BCUT2D eigenvalue weighted by Gasteiger charge is 2.38. The standard InChI is InChI=1S/C9H16N2O/c1-5-6-11-7(2)9(3,4)10-8(11)12/h2,5-6H2,1,3-4H3,(H,10,12). The number of amides is 2. The average Bonchev–Trinajstić information content (AvgIpc) is 2.13. The zero-order valence-corrected chi connectivity index (χ0v) is 7.98. The van der Waals surface area contributed by atoms with Gasteiger partial charge in [0.05, 0.1) is 5.54 Å². The second-order valence-electron chi connectivity index (χ2n) is 3.65. The number of nitrogens with zero attached hydrogens (tertiary/aromatic N) is 1. The maximum atomic E-state index is 11.3. The minimum Gasteiger partial charge on any atom is -0.327 e. The lowest BCUT2D eigenvalue weighted by atomic mass is 10.0. The SMILES string of the molecule is C=C1N(CCC)C(=O)NC1(C)C. The molecule has 12 heavy (non-hydrogen) atoms. The molecule has 0 aromatic carbocycles. The molecule has 3 nitrogen and oxygen atoms in total.